The van der Waals surface area contributed by atoms with Gasteiger partial charge in [-0.2, -0.15) is 0 Å². The number of nitrogens with zero attached hydrogens (tertiary/aromatic N) is 4. The highest BCUT2D eigenvalue weighted by Crippen LogP contribution is 2.34. The summed E-state index contributed by atoms with van der Waals surface area (Å²) in [4.78, 5) is 24.7. The molecule has 128 valence electrons. The lowest BCUT2D eigenvalue weighted by Gasteiger charge is -2.35. The van der Waals surface area contributed by atoms with E-state index in [4.69, 9.17) is 9.47 Å². The van der Waals surface area contributed by atoms with Gasteiger partial charge in [-0.15, -0.1) is 0 Å². The van der Waals surface area contributed by atoms with Gasteiger partial charge in [0.1, 0.15) is 12.1 Å². The number of rotatable bonds is 4. The summed E-state index contributed by atoms with van der Waals surface area (Å²) in [6.07, 6.45) is 2.11. The van der Waals surface area contributed by atoms with Crippen LogP contribution in [0, 0.1) is 0 Å². The van der Waals surface area contributed by atoms with E-state index in [1.54, 1.807) is 20.5 Å². The molecule has 1 aromatic heterocycles. The number of carbonyl (C=O) groups is 1. The number of methoxy groups -OCH3 is 2. The Hall–Kier alpha value is -2.57. The summed E-state index contributed by atoms with van der Waals surface area (Å²) < 4.78 is 10.7. The van der Waals surface area contributed by atoms with Crippen LogP contribution in [0.5, 0.6) is 11.5 Å². The third-order valence-corrected chi connectivity index (χ3v) is 4.35. The first-order chi connectivity index (χ1) is 11.7. The first-order valence-corrected chi connectivity index (χ1v) is 8.07. The molecule has 1 aliphatic rings. The molecule has 7 nitrogen and oxygen atoms in total. The predicted octanol–water partition coefficient (Wildman–Crippen LogP) is 1.71. The van der Waals surface area contributed by atoms with Gasteiger partial charge in [0.2, 0.25) is 5.91 Å². The molecule has 0 spiro atoms. The summed E-state index contributed by atoms with van der Waals surface area (Å²) >= 11 is 0. The fraction of sp³-hybridized carbons (Fsp3) is 0.471. The maximum absolute atomic E-state index is 11.8. The molecule has 0 radical (unpaired) electrons. The predicted molar refractivity (Wildman–Crippen MR) is 91.7 cm³/mol. The van der Waals surface area contributed by atoms with E-state index in [0.29, 0.717) is 31.0 Å². The topological polar surface area (TPSA) is 67.8 Å². The molecule has 0 bridgehead atoms. The Balaban J connectivity index is 1.91. The van der Waals surface area contributed by atoms with Gasteiger partial charge in [0.05, 0.1) is 19.7 Å². The van der Waals surface area contributed by atoms with E-state index in [2.05, 4.69) is 14.9 Å². The minimum Gasteiger partial charge on any atom is -0.493 e. The molecule has 1 saturated heterocycles. The first kappa shape index (κ1) is 16.3. The van der Waals surface area contributed by atoms with Crippen LogP contribution in [-0.2, 0) is 4.79 Å². The molecule has 0 aliphatic carbocycles. The molecule has 1 aromatic carbocycles. The van der Waals surface area contributed by atoms with Crippen molar-refractivity contribution in [3.8, 4) is 11.5 Å². The zero-order valence-corrected chi connectivity index (χ0v) is 14.3. The number of piperazine rings is 1. The highest BCUT2D eigenvalue weighted by atomic mass is 16.5. The molecule has 2 heterocycles. The molecule has 1 fully saturated rings. The quantitative estimate of drug-likeness (QED) is 0.850. The molecule has 1 aliphatic heterocycles. The highest BCUT2D eigenvalue weighted by Gasteiger charge is 2.22. The molecule has 0 N–H and O–H groups in total. The van der Waals surface area contributed by atoms with Crippen LogP contribution in [0.2, 0.25) is 0 Å². The van der Waals surface area contributed by atoms with Crippen molar-refractivity contribution in [3.63, 3.8) is 0 Å². The summed E-state index contributed by atoms with van der Waals surface area (Å²) in [7, 11) is 3.22. The smallest absolute Gasteiger partial charge is 0.222 e. The average molecular weight is 330 g/mol. The van der Waals surface area contributed by atoms with Crippen LogP contribution in [0.25, 0.3) is 10.9 Å². The number of benzene rings is 1. The van der Waals surface area contributed by atoms with Crippen LogP contribution in [0.4, 0.5) is 5.82 Å². The van der Waals surface area contributed by atoms with Crippen molar-refractivity contribution < 1.29 is 14.3 Å². The number of ether oxygens (including phenoxy) is 2. The number of carbonyl (C=O) groups excluding carboxylic acids is 1. The van der Waals surface area contributed by atoms with Crippen molar-refractivity contribution in [2.45, 2.75) is 13.3 Å². The van der Waals surface area contributed by atoms with Gasteiger partial charge in [0, 0.05) is 44.1 Å². The van der Waals surface area contributed by atoms with E-state index in [9.17, 15) is 4.79 Å². The second-order valence-electron chi connectivity index (χ2n) is 5.64. The van der Waals surface area contributed by atoms with Crippen molar-refractivity contribution >= 4 is 22.6 Å². The van der Waals surface area contributed by atoms with E-state index in [1.165, 1.54) is 0 Å². The Morgan fingerprint density at radius 2 is 1.75 bits per heavy atom. The molecule has 2 aromatic rings. The summed E-state index contributed by atoms with van der Waals surface area (Å²) in [5.41, 5.74) is 0.810. The van der Waals surface area contributed by atoms with Crippen LogP contribution in [0.1, 0.15) is 13.3 Å². The Bertz CT molecular complexity index is 742. The molecular formula is C17H22N4O3. The number of hydrogen-bond donors (Lipinski definition) is 0. The summed E-state index contributed by atoms with van der Waals surface area (Å²) in [5, 5.41) is 0.922. The monoisotopic (exact) mass is 330 g/mol. The Morgan fingerprint density at radius 1 is 1.08 bits per heavy atom. The second-order valence-corrected chi connectivity index (χ2v) is 5.64. The SMILES string of the molecule is CCC(=O)N1CCN(c2ncnc3cc(OC)c(OC)cc23)CC1. The van der Waals surface area contributed by atoms with Crippen LogP contribution in [0.3, 0.4) is 0 Å². The Kier molecular flexibility index (Phi) is 4.69. The number of hydrogen-bond acceptors (Lipinski definition) is 6. The van der Waals surface area contributed by atoms with Crippen molar-refractivity contribution in [1.82, 2.24) is 14.9 Å². The van der Waals surface area contributed by atoms with Crippen LogP contribution < -0.4 is 14.4 Å². The average Bonchev–Trinajstić information content (AvgIpc) is 2.65. The fourth-order valence-electron chi connectivity index (χ4n) is 3.01. The number of amides is 1. The Labute approximate surface area is 141 Å². The van der Waals surface area contributed by atoms with Crippen molar-refractivity contribution in [1.29, 1.82) is 0 Å². The van der Waals surface area contributed by atoms with E-state index >= 15 is 0 Å². The maximum atomic E-state index is 11.8. The minimum absolute atomic E-state index is 0.202. The third-order valence-electron chi connectivity index (χ3n) is 4.35. The van der Waals surface area contributed by atoms with E-state index in [1.807, 2.05) is 24.0 Å². The lowest BCUT2D eigenvalue weighted by atomic mass is 10.2. The van der Waals surface area contributed by atoms with Gasteiger partial charge in [0.15, 0.2) is 11.5 Å². The zero-order valence-electron chi connectivity index (χ0n) is 14.3. The molecule has 1 amide bonds. The molecule has 24 heavy (non-hydrogen) atoms. The van der Waals surface area contributed by atoms with Gasteiger partial charge in [-0.1, -0.05) is 6.92 Å². The largest absolute Gasteiger partial charge is 0.493 e. The van der Waals surface area contributed by atoms with Gasteiger partial charge < -0.3 is 19.3 Å². The molecule has 0 saturated carbocycles. The lowest BCUT2D eigenvalue weighted by molar-refractivity contribution is -0.131. The van der Waals surface area contributed by atoms with Crippen molar-refractivity contribution in [3.05, 3.63) is 18.5 Å². The first-order valence-electron chi connectivity index (χ1n) is 8.07. The summed E-state index contributed by atoms with van der Waals surface area (Å²) in [5.74, 6) is 2.37. The van der Waals surface area contributed by atoms with E-state index in [0.717, 1.165) is 29.8 Å². The van der Waals surface area contributed by atoms with Crippen LogP contribution in [-0.4, -0.2) is 61.2 Å². The van der Waals surface area contributed by atoms with E-state index in [-0.39, 0.29) is 5.91 Å². The normalized spacial score (nSPS) is 14.8. The van der Waals surface area contributed by atoms with Gasteiger partial charge >= 0.3 is 0 Å². The fourth-order valence-corrected chi connectivity index (χ4v) is 3.01. The second kappa shape index (κ2) is 6.90. The van der Waals surface area contributed by atoms with Gasteiger partial charge in [-0.25, -0.2) is 9.97 Å². The molecule has 7 heteroatoms. The summed E-state index contributed by atoms with van der Waals surface area (Å²) in [6.45, 7) is 4.83. The highest BCUT2D eigenvalue weighted by molar-refractivity contribution is 5.92. The van der Waals surface area contributed by atoms with Gasteiger partial charge in [0.25, 0.3) is 0 Å². The standard InChI is InChI=1S/C17H22N4O3/c1-4-16(22)20-5-7-21(8-6-20)17-12-9-14(23-2)15(24-3)10-13(12)18-11-19-17/h9-11H,4-8H2,1-3H3. The zero-order chi connectivity index (χ0) is 17.1. The number of anilines is 1. The van der Waals surface area contributed by atoms with Crippen LogP contribution in [0.15, 0.2) is 18.5 Å². The van der Waals surface area contributed by atoms with Crippen molar-refractivity contribution in [2.75, 3.05) is 45.3 Å². The molecule has 0 unspecified atom stereocenters. The van der Waals surface area contributed by atoms with Crippen molar-refractivity contribution in [2.24, 2.45) is 0 Å². The lowest BCUT2D eigenvalue weighted by Crippen LogP contribution is -2.48. The Morgan fingerprint density at radius 3 is 2.38 bits per heavy atom. The minimum atomic E-state index is 0.202. The number of fused-ring (bicyclic) bond motifs is 1. The molecule has 0 atom stereocenters. The maximum Gasteiger partial charge on any atom is 0.222 e. The third kappa shape index (κ3) is 2.93. The van der Waals surface area contributed by atoms with E-state index < -0.39 is 0 Å². The summed E-state index contributed by atoms with van der Waals surface area (Å²) in [6, 6.07) is 3.77. The van der Waals surface area contributed by atoms with Gasteiger partial charge in [-0.3, -0.25) is 4.79 Å². The molecule has 3 rings (SSSR count). The number of aromatic nitrogens is 2. The van der Waals surface area contributed by atoms with Crippen LogP contribution >= 0.6 is 0 Å². The van der Waals surface area contributed by atoms with Gasteiger partial charge in [-0.05, 0) is 6.07 Å². The molecular weight excluding hydrogens is 308 g/mol.